The normalized spacial score (nSPS) is 11.1. The summed E-state index contributed by atoms with van der Waals surface area (Å²) in [5.74, 6) is 0. The molecule has 3 aromatic rings. The fraction of sp³-hybridized carbons (Fsp3) is 0.133. The van der Waals surface area contributed by atoms with Crippen molar-refractivity contribution in [2.75, 3.05) is 0 Å². The van der Waals surface area contributed by atoms with Gasteiger partial charge in [-0.1, -0.05) is 41.4 Å². The highest BCUT2D eigenvalue weighted by molar-refractivity contribution is 6.31. The van der Waals surface area contributed by atoms with Crippen LogP contribution in [0.2, 0.25) is 10.0 Å². The van der Waals surface area contributed by atoms with Gasteiger partial charge < -0.3 is 9.72 Å². The van der Waals surface area contributed by atoms with Gasteiger partial charge in [0.05, 0.1) is 10.7 Å². The van der Waals surface area contributed by atoms with Crippen molar-refractivity contribution in [3.63, 3.8) is 0 Å². The number of hydrogen-bond acceptors (Lipinski definition) is 2. The Morgan fingerprint density at radius 1 is 1.00 bits per heavy atom. The molecular weight excluding hydrogens is 293 g/mol. The van der Waals surface area contributed by atoms with Crippen LogP contribution in [0.3, 0.4) is 0 Å². The van der Waals surface area contributed by atoms with Crippen LogP contribution in [-0.4, -0.2) is 9.38 Å². The lowest BCUT2D eigenvalue weighted by atomic mass is 10.2. The third-order valence-corrected chi connectivity index (χ3v) is 3.64. The van der Waals surface area contributed by atoms with Crippen LogP contribution in [0.25, 0.3) is 5.65 Å². The summed E-state index contributed by atoms with van der Waals surface area (Å²) >= 11 is 12.1. The lowest BCUT2D eigenvalue weighted by Gasteiger charge is -2.04. The van der Waals surface area contributed by atoms with Gasteiger partial charge in [0, 0.05) is 30.5 Å². The van der Waals surface area contributed by atoms with Gasteiger partial charge in [-0.05, 0) is 23.8 Å². The first kappa shape index (κ1) is 13.4. The quantitative estimate of drug-likeness (QED) is 0.791. The molecule has 0 radical (unpaired) electrons. The highest BCUT2D eigenvalue weighted by atomic mass is 35.5. The molecule has 0 aliphatic heterocycles. The largest absolute Gasteiger partial charge is 0.307 e. The number of hydrogen-bond donors (Lipinski definition) is 1. The Balaban J connectivity index is 1.67. The van der Waals surface area contributed by atoms with E-state index in [0.29, 0.717) is 18.1 Å². The van der Waals surface area contributed by atoms with Crippen molar-refractivity contribution in [2.45, 2.75) is 13.1 Å². The predicted octanol–water partition coefficient (Wildman–Crippen LogP) is 3.93. The molecule has 1 N–H and O–H groups in total. The summed E-state index contributed by atoms with van der Waals surface area (Å²) in [5, 5.41) is 4.82. The third kappa shape index (κ3) is 2.96. The van der Waals surface area contributed by atoms with Crippen LogP contribution in [-0.2, 0) is 13.1 Å². The molecule has 0 spiro atoms. The number of rotatable bonds is 4. The van der Waals surface area contributed by atoms with Crippen molar-refractivity contribution < 1.29 is 0 Å². The van der Waals surface area contributed by atoms with Crippen LogP contribution in [0, 0.1) is 0 Å². The lowest BCUT2D eigenvalue weighted by molar-refractivity contribution is 0.683. The minimum Gasteiger partial charge on any atom is -0.307 e. The number of nitrogens with zero attached hydrogens (tertiary/aromatic N) is 2. The molecule has 1 aromatic carbocycles. The van der Waals surface area contributed by atoms with Crippen LogP contribution in [0.15, 0.2) is 48.8 Å². The first-order valence-electron chi connectivity index (χ1n) is 6.29. The smallest absolute Gasteiger partial charge is 0.137 e. The maximum absolute atomic E-state index is 6.11. The Kier molecular flexibility index (Phi) is 3.92. The van der Waals surface area contributed by atoms with Gasteiger partial charge in [-0.3, -0.25) is 0 Å². The molecule has 0 fully saturated rings. The maximum Gasteiger partial charge on any atom is 0.137 e. The van der Waals surface area contributed by atoms with Crippen molar-refractivity contribution >= 4 is 28.8 Å². The number of nitrogens with one attached hydrogen (secondary N) is 1. The Hall–Kier alpha value is -1.55. The Morgan fingerprint density at radius 3 is 2.70 bits per heavy atom. The monoisotopic (exact) mass is 305 g/mol. The van der Waals surface area contributed by atoms with Gasteiger partial charge in [0.2, 0.25) is 0 Å². The second-order valence-electron chi connectivity index (χ2n) is 4.54. The molecular formula is C15H13Cl2N3. The second-order valence-corrected chi connectivity index (χ2v) is 5.38. The molecule has 0 saturated carbocycles. The van der Waals surface area contributed by atoms with Gasteiger partial charge in [0.15, 0.2) is 0 Å². The topological polar surface area (TPSA) is 29.3 Å². The zero-order valence-electron chi connectivity index (χ0n) is 10.7. The Morgan fingerprint density at radius 2 is 1.85 bits per heavy atom. The Bertz CT molecular complexity index is 737. The maximum atomic E-state index is 6.11. The zero-order valence-corrected chi connectivity index (χ0v) is 12.2. The van der Waals surface area contributed by atoms with Crippen LogP contribution < -0.4 is 5.32 Å². The fourth-order valence-electron chi connectivity index (χ4n) is 2.07. The first-order valence-corrected chi connectivity index (χ1v) is 7.05. The van der Waals surface area contributed by atoms with Crippen LogP contribution in [0.5, 0.6) is 0 Å². The Labute approximate surface area is 127 Å². The van der Waals surface area contributed by atoms with E-state index in [-0.39, 0.29) is 0 Å². The minimum atomic E-state index is 0.685. The lowest BCUT2D eigenvalue weighted by Crippen LogP contribution is -2.13. The summed E-state index contributed by atoms with van der Waals surface area (Å²) in [6.45, 7) is 1.40. The van der Waals surface area contributed by atoms with E-state index >= 15 is 0 Å². The predicted molar refractivity (Wildman–Crippen MR) is 82.2 cm³/mol. The molecule has 102 valence electrons. The number of benzene rings is 1. The molecule has 0 aliphatic carbocycles. The molecule has 3 rings (SSSR count). The molecule has 2 heterocycles. The van der Waals surface area contributed by atoms with E-state index in [1.165, 1.54) is 0 Å². The van der Waals surface area contributed by atoms with E-state index in [2.05, 4.69) is 10.3 Å². The summed E-state index contributed by atoms with van der Waals surface area (Å²) < 4.78 is 1.93. The van der Waals surface area contributed by atoms with Gasteiger partial charge >= 0.3 is 0 Å². The van der Waals surface area contributed by atoms with Crippen LogP contribution in [0.4, 0.5) is 0 Å². The van der Waals surface area contributed by atoms with E-state index in [1.54, 1.807) is 0 Å². The molecule has 0 bridgehead atoms. The van der Waals surface area contributed by atoms with Gasteiger partial charge in [-0.2, -0.15) is 0 Å². The summed E-state index contributed by atoms with van der Waals surface area (Å²) in [6.07, 6.45) is 3.82. The van der Waals surface area contributed by atoms with Gasteiger partial charge in [0.25, 0.3) is 0 Å². The number of fused-ring (bicyclic) bond motifs is 1. The van der Waals surface area contributed by atoms with E-state index in [1.807, 2.05) is 53.2 Å². The zero-order chi connectivity index (χ0) is 13.9. The number of pyridine rings is 1. The van der Waals surface area contributed by atoms with Crippen molar-refractivity contribution in [3.05, 3.63) is 70.1 Å². The van der Waals surface area contributed by atoms with E-state index < -0.39 is 0 Å². The molecule has 0 amide bonds. The summed E-state index contributed by atoms with van der Waals surface area (Å²) in [4.78, 5) is 4.52. The minimum absolute atomic E-state index is 0.685. The van der Waals surface area contributed by atoms with Crippen molar-refractivity contribution in [3.8, 4) is 0 Å². The molecule has 0 aliphatic rings. The van der Waals surface area contributed by atoms with Gasteiger partial charge in [-0.15, -0.1) is 0 Å². The highest BCUT2D eigenvalue weighted by Crippen LogP contribution is 2.15. The fourth-order valence-corrected chi connectivity index (χ4v) is 2.44. The number of aromatic nitrogens is 2. The summed E-state index contributed by atoms with van der Waals surface area (Å²) in [7, 11) is 0. The average Bonchev–Trinajstić information content (AvgIpc) is 2.83. The molecule has 5 heteroatoms. The van der Waals surface area contributed by atoms with Gasteiger partial charge in [-0.25, -0.2) is 4.98 Å². The third-order valence-electron chi connectivity index (χ3n) is 3.04. The van der Waals surface area contributed by atoms with E-state index in [4.69, 9.17) is 23.2 Å². The number of halogens is 2. The van der Waals surface area contributed by atoms with E-state index in [0.717, 1.165) is 21.9 Å². The van der Waals surface area contributed by atoms with Gasteiger partial charge in [0.1, 0.15) is 5.65 Å². The summed E-state index contributed by atoms with van der Waals surface area (Å²) in [5.41, 5.74) is 2.95. The van der Waals surface area contributed by atoms with E-state index in [9.17, 15) is 0 Å². The first-order chi connectivity index (χ1) is 9.72. The second kappa shape index (κ2) is 5.83. The molecule has 0 atom stereocenters. The SMILES string of the molecule is Clc1ccc2nc(CNCc3ccccc3Cl)cn2c1. The van der Waals surface area contributed by atoms with Crippen molar-refractivity contribution in [1.29, 1.82) is 0 Å². The highest BCUT2D eigenvalue weighted by Gasteiger charge is 2.03. The molecule has 3 nitrogen and oxygen atoms in total. The van der Waals surface area contributed by atoms with Crippen molar-refractivity contribution in [1.82, 2.24) is 14.7 Å². The molecule has 0 unspecified atom stereocenters. The number of imidazole rings is 1. The average molecular weight is 306 g/mol. The van der Waals surface area contributed by atoms with Crippen LogP contribution >= 0.6 is 23.2 Å². The standard InChI is InChI=1S/C15H13Cl2N3/c16-12-5-6-15-19-13(10-20(15)9-12)8-18-7-11-3-1-2-4-14(11)17/h1-6,9-10,18H,7-8H2. The molecule has 2 aromatic heterocycles. The molecule has 0 saturated heterocycles. The van der Waals surface area contributed by atoms with Crippen molar-refractivity contribution in [2.24, 2.45) is 0 Å². The molecule has 20 heavy (non-hydrogen) atoms. The van der Waals surface area contributed by atoms with Crippen LogP contribution in [0.1, 0.15) is 11.3 Å². The summed E-state index contributed by atoms with van der Waals surface area (Å²) in [6, 6.07) is 11.6.